The second kappa shape index (κ2) is 9.24. The van der Waals surface area contributed by atoms with E-state index in [1.807, 2.05) is 55.5 Å². The first-order valence-corrected chi connectivity index (χ1v) is 9.62. The van der Waals surface area contributed by atoms with Crippen LogP contribution in [0.15, 0.2) is 60.7 Å². The van der Waals surface area contributed by atoms with Crippen molar-refractivity contribution >= 4 is 22.6 Å². The summed E-state index contributed by atoms with van der Waals surface area (Å²) in [4.78, 5) is 26.4. The van der Waals surface area contributed by atoms with Crippen LogP contribution < -0.4 is 10.1 Å². The van der Waals surface area contributed by atoms with Gasteiger partial charge in [0.05, 0.1) is 7.11 Å². The first kappa shape index (κ1) is 20.4. The predicted octanol–water partition coefficient (Wildman–Crippen LogP) is 3.94. The van der Waals surface area contributed by atoms with Crippen molar-refractivity contribution in [3.8, 4) is 5.75 Å². The smallest absolute Gasteiger partial charge is 0.251 e. The summed E-state index contributed by atoms with van der Waals surface area (Å²) in [6.45, 7) is 2.73. The van der Waals surface area contributed by atoms with E-state index >= 15 is 0 Å². The number of nitrogens with one attached hydrogen (secondary N) is 1. The average Bonchev–Trinajstić information content (AvgIpc) is 2.73. The highest BCUT2D eigenvalue weighted by molar-refractivity contribution is 5.95. The van der Waals surface area contributed by atoms with Gasteiger partial charge in [0.1, 0.15) is 5.75 Å². The highest BCUT2D eigenvalue weighted by atomic mass is 16.5. The lowest BCUT2D eigenvalue weighted by molar-refractivity contribution is -0.130. The number of rotatable bonds is 7. The van der Waals surface area contributed by atoms with Gasteiger partial charge in [0.25, 0.3) is 5.91 Å². The molecule has 0 aromatic heterocycles. The number of ether oxygens (including phenoxy) is 1. The van der Waals surface area contributed by atoms with E-state index in [0.29, 0.717) is 18.7 Å². The topological polar surface area (TPSA) is 58.6 Å². The van der Waals surface area contributed by atoms with Crippen LogP contribution in [0.4, 0.5) is 0 Å². The summed E-state index contributed by atoms with van der Waals surface area (Å²) < 4.78 is 5.25. The molecule has 0 atom stereocenters. The first-order valence-electron chi connectivity index (χ1n) is 9.62. The molecule has 1 N–H and O–H groups in total. The Hall–Kier alpha value is -3.34. The lowest BCUT2D eigenvalue weighted by atomic mass is 10.1. The molecule has 3 aromatic carbocycles. The van der Waals surface area contributed by atoms with E-state index in [4.69, 9.17) is 4.74 Å². The van der Waals surface area contributed by atoms with Crippen LogP contribution in [0, 0.1) is 6.92 Å². The van der Waals surface area contributed by atoms with E-state index in [-0.39, 0.29) is 18.2 Å². The Morgan fingerprint density at radius 1 is 1.00 bits per heavy atom. The van der Waals surface area contributed by atoms with Gasteiger partial charge in [-0.3, -0.25) is 9.59 Å². The molecule has 5 heteroatoms. The third-order valence-corrected chi connectivity index (χ3v) is 4.97. The average molecular weight is 390 g/mol. The van der Waals surface area contributed by atoms with Gasteiger partial charge in [-0.25, -0.2) is 0 Å². The second-order valence-corrected chi connectivity index (χ2v) is 7.12. The summed E-state index contributed by atoms with van der Waals surface area (Å²) in [6.07, 6.45) is 0.263. The molecule has 0 aliphatic heterocycles. The molecule has 0 spiro atoms. The highest BCUT2D eigenvalue weighted by Gasteiger charge is 2.12. The molecule has 0 unspecified atom stereocenters. The predicted molar refractivity (Wildman–Crippen MR) is 115 cm³/mol. The Labute approximate surface area is 171 Å². The molecule has 0 aliphatic rings. The third-order valence-electron chi connectivity index (χ3n) is 4.97. The van der Waals surface area contributed by atoms with Crippen LogP contribution in [0.2, 0.25) is 0 Å². The summed E-state index contributed by atoms with van der Waals surface area (Å²) >= 11 is 0. The number of fused-ring (bicyclic) bond motifs is 1. The first-order chi connectivity index (χ1) is 14.0. The molecular formula is C24H26N2O3. The van der Waals surface area contributed by atoms with Gasteiger partial charge in [-0.1, -0.05) is 36.4 Å². The summed E-state index contributed by atoms with van der Waals surface area (Å²) in [5.41, 5.74) is 2.62. The van der Waals surface area contributed by atoms with Gasteiger partial charge in [0, 0.05) is 32.1 Å². The van der Waals surface area contributed by atoms with Gasteiger partial charge in [-0.05, 0) is 53.1 Å². The lowest BCUT2D eigenvalue weighted by Crippen LogP contribution is -2.32. The summed E-state index contributed by atoms with van der Waals surface area (Å²) in [6, 6.07) is 19.5. The Morgan fingerprint density at radius 3 is 2.48 bits per heavy atom. The molecular weight excluding hydrogens is 364 g/mol. The fourth-order valence-corrected chi connectivity index (χ4v) is 3.26. The van der Waals surface area contributed by atoms with E-state index in [2.05, 4.69) is 11.4 Å². The summed E-state index contributed by atoms with van der Waals surface area (Å²) in [5.74, 6) is 0.665. The number of aryl methyl sites for hydroxylation is 1. The summed E-state index contributed by atoms with van der Waals surface area (Å²) in [5, 5.41) is 5.03. The van der Waals surface area contributed by atoms with Crippen molar-refractivity contribution in [1.29, 1.82) is 0 Å². The van der Waals surface area contributed by atoms with E-state index in [9.17, 15) is 9.59 Å². The molecule has 0 saturated heterocycles. The van der Waals surface area contributed by atoms with Crippen molar-refractivity contribution in [1.82, 2.24) is 10.2 Å². The minimum absolute atomic E-state index is 0.00934. The number of hydrogen-bond donors (Lipinski definition) is 1. The van der Waals surface area contributed by atoms with Crippen LogP contribution in [-0.4, -0.2) is 37.4 Å². The molecule has 0 bridgehead atoms. The van der Waals surface area contributed by atoms with Gasteiger partial charge >= 0.3 is 0 Å². The fraction of sp³-hybridized carbons (Fsp3) is 0.250. The Kier molecular flexibility index (Phi) is 6.50. The zero-order chi connectivity index (χ0) is 20.8. The van der Waals surface area contributed by atoms with Crippen LogP contribution in [0.5, 0.6) is 5.75 Å². The Bertz CT molecular complexity index is 1030. The van der Waals surface area contributed by atoms with Crippen LogP contribution in [-0.2, 0) is 11.3 Å². The normalized spacial score (nSPS) is 10.6. The Morgan fingerprint density at radius 2 is 1.72 bits per heavy atom. The summed E-state index contributed by atoms with van der Waals surface area (Å²) in [7, 11) is 3.43. The SMILES string of the molecule is COc1ccc2cc(CN(C)C(=O)CCNC(=O)c3ccccc3C)ccc2c1. The number of hydrogen-bond acceptors (Lipinski definition) is 3. The van der Waals surface area contributed by atoms with Crippen LogP contribution in [0.3, 0.4) is 0 Å². The maximum atomic E-state index is 12.4. The second-order valence-electron chi connectivity index (χ2n) is 7.12. The number of nitrogens with zero attached hydrogens (tertiary/aromatic N) is 1. The molecule has 0 radical (unpaired) electrons. The van der Waals surface area contributed by atoms with Crippen LogP contribution in [0.1, 0.15) is 27.9 Å². The third kappa shape index (κ3) is 5.13. The van der Waals surface area contributed by atoms with Gasteiger partial charge in [0.2, 0.25) is 5.91 Å². The van der Waals surface area contributed by atoms with Crippen LogP contribution in [0.25, 0.3) is 10.8 Å². The zero-order valence-corrected chi connectivity index (χ0v) is 17.1. The molecule has 0 aliphatic carbocycles. The molecule has 0 fully saturated rings. The number of carbonyl (C=O) groups is 2. The van der Waals surface area contributed by atoms with Crippen molar-refractivity contribution in [2.45, 2.75) is 19.9 Å². The minimum Gasteiger partial charge on any atom is -0.497 e. The quantitative estimate of drug-likeness (QED) is 0.665. The number of methoxy groups -OCH3 is 1. The van der Waals surface area contributed by atoms with E-state index < -0.39 is 0 Å². The standard InChI is InChI=1S/C24H26N2O3/c1-17-6-4-5-7-22(17)24(28)25-13-12-23(27)26(2)16-18-8-9-20-15-21(29-3)11-10-19(20)14-18/h4-11,14-15H,12-13,16H2,1-3H3,(H,25,28). The molecule has 29 heavy (non-hydrogen) atoms. The number of benzene rings is 3. The number of carbonyl (C=O) groups excluding carboxylic acids is 2. The maximum Gasteiger partial charge on any atom is 0.251 e. The lowest BCUT2D eigenvalue weighted by Gasteiger charge is -2.18. The monoisotopic (exact) mass is 390 g/mol. The van der Waals surface area contributed by atoms with E-state index in [0.717, 1.165) is 27.6 Å². The molecule has 5 nitrogen and oxygen atoms in total. The van der Waals surface area contributed by atoms with Crippen molar-refractivity contribution in [2.24, 2.45) is 0 Å². The molecule has 2 amide bonds. The fourth-order valence-electron chi connectivity index (χ4n) is 3.26. The van der Waals surface area contributed by atoms with Crippen molar-refractivity contribution in [3.63, 3.8) is 0 Å². The maximum absolute atomic E-state index is 12.4. The largest absolute Gasteiger partial charge is 0.497 e. The zero-order valence-electron chi connectivity index (χ0n) is 17.1. The van der Waals surface area contributed by atoms with Gasteiger partial charge < -0.3 is 15.0 Å². The molecule has 150 valence electrons. The molecule has 0 heterocycles. The minimum atomic E-state index is -0.150. The highest BCUT2D eigenvalue weighted by Crippen LogP contribution is 2.22. The van der Waals surface area contributed by atoms with Gasteiger partial charge in [-0.15, -0.1) is 0 Å². The van der Waals surface area contributed by atoms with E-state index in [1.54, 1.807) is 25.1 Å². The van der Waals surface area contributed by atoms with Gasteiger partial charge in [-0.2, -0.15) is 0 Å². The number of amides is 2. The molecule has 3 rings (SSSR count). The molecule has 0 saturated carbocycles. The molecule has 3 aromatic rings. The Balaban J connectivity index is 1.53. The van der Waals surface area contributed by atoms with Gasteiger partial charge in [0.15, 0.2) is 0 Å². The van der Waals surface area contributed by atoms with Crippen molar-refractivity contribution in [2.75, 3.05) is 20.7 Å². The van der Waals surface area contributed by atoms with Crippen molar-refractivity contribution in [3.05, 3.63) is 77.4 Å². The van der Waals surface area contributed by atoms with Crippen molar-refractivity contribution < 1.29 is 14.3 Å². The van der Waals surface area contributed by atoms with Crippen LogP contribution >= 0.6 is 0 Å². The van der Waals surface area contributed by atoms with E-state index in [1.165, 1.54) is 0 Å².